The standard InChI is InChI=1S/C13H16N2O4/c1-13(2,3)19-12(17)15-6-5-8-10(15)7-9(14-8)11(16)18-4/h5-7,14H,1-4H3. The number of carbonyl (C=O) groups is 2. The molecule has 19 heavy (non-hydrogen) atoms. The Kier molecular flexibility index (Phi) is 3.09. The van der Waals surface area contributed by atoms with Crippen molar-refractivity contribution in [2.24, 2.45) is 0 Å². The fourth-order valence-electron chi connectivity index (χ4n) is 1.71. The summed E-state index contributed by atoms with van der Waals surface area (Å²) >= 11 is 0. The predicted octanol–water partition coefficient (Wildman–Crippen LogP) is 2.54. The van der Waals surface area contributed by atoms with Crippen LogP contribution in [0.3, 0.4) is 0 Å². The van der Waals surface area contributed by atoms with Crippen molar-refractivity contribution in [1.29, 1.82) is 0 Å². The van der Waals surface area contributed by atoms with Crippen LogP contribution in [0.5, 0.6) is 0 Å². The highest BCUT2D eigenvalue weighted by Gasteiger charge is 2.20. The fourth-order valence-corrected chi connectivity index (χ4v) is 1.71. The number of esters is 1. The molecule has 0 fully saturated rings. The van der Waals surface area contributed by atoms with Crippen molar-refractivity contribution in [3.8, 4) is 0 Å². The van der Waals surface area contributed by atoms with Crippen molar-refractivity contribution >= 4 is 23.1 Å². The van der Waals surface area contributed by atoms with Crippen LogP contribution in [0.25, 0.3) is 11.0 Å². The number of carbonyl (C=O) groups excluding carboxylic acids is 2. The maximum absolute atomic E-state index is 12.0. The summed E-state index contributed by atoms with van der Waals surface area (Å²) in [7, 11) is 1.30. The van der Waals surface area contributed by atoms with Crippen molar-refractivity contribution in [1.82, 2.24) is 9.55 Å². The average molecular weight is 264 g/mol. The molecule has 0 saturated carbocycles. The van der Waals surface area contributed by atoms with E-state index in [1.54, 1.807) is 39.1 Å². The predicted molar refractivity (Wildman–Crippen MR) is 69.3 cm³/mol. The van der Waals surface area contributed by atoms with Crippen LogP contribution in [0.4, 0.5) is 4.79 Å². The molecule has 6 nitrogen and oxygen atoms in total. The molecular formula is C13H16N2O4. The quantitative estimate of drug-likeness (QED) is 0.803. The number of fused-ring (bicyclic) bond motifs is 1. The minimum Gasteiger partial charge on any atom is -0.464 e. The van der Waals surface area contributed by atoms with E-state index in [0.29, 0.717) is 16.7 Å². The van der Waals surface area contributed by atoms with E-state index in [0.717, 1.165) is 0 Å². The summed E-state index contributed by atoms with van der Waals surface area (Å²) in [5.41, 5.74) is 0.973. The van der Waals surface area contributed by atoms with Crippen LogP contribution in [0.15, 0.2) is 18.3 Å². The molecule has 2 aromatic rings. The number of nitrogens with zero attached hydrogens (tertiary/aromatic N) is 1. The molecule has 0 aliphatic heterocycles. The molecule has 2 heterocycles. The normalized spacial score (nSPS) is 11.6. The molecular weight excluding hydrogens is 248 g/mol. The van der Waals surface area contributed by atoms with Gasteiger partial charge in [0.15, 0.2) is 0 Å². The Morgan fingerprint density at radius 3 is 2.58 bits per heavy atom. The van der Waals surface area contributed by atoms with E-state index < -0.39 is 17.7 Å². The van der Waals surface area contributed by atoms with Gasteiger partial charge in [-0.25, -0.2) is 9.59 Å². The number of aromatic amines is 1. The van der Waals surface area contributed by atoms with Gasteiger partial charge in [-0.15, -0.1) is 0 Å². The molecule has 6 heteroatoms. The third kappa shape index (κ3) is 2.62. The summed E-state index contributed by atoms with van der Waals surface area (Å²) in [4.78, 5) is 26.3. The lowest BCUT2D eigenvalue weighted by Crippen LogP contribution is -2.26. The highest BCUT2D eigenvalue weighted by Crippen LogP contribution is 2.19. The lowest BCUT2D eigenvalue weighted by Gasteiger charge is -2.19. The van der Waals surface area contributed by atoms with Gasteiger partial charge in [-0.2, -0.15) is 0 Å². The smallest absolute Gasteiger partial charge is 0.419 e. The number of hydrogen-bond donors (Lipinski definition) is 1. The first-order chi connectivity index (χ1) is 8.81. The molecule has 0 spiro atoms. The van der Waals surface area contributed by atoms with Gasteiger partial charge in [0.25, 0.3) is 0 Å². The minimum atomic E-state index is -0.574. The Labute approximate surface area is 110 Å². The number of hydrogen-bond acceptors (Lipinski definition) is 4. The molecule has 0 aliphatic rings. The summed E-state index contributed by atoms with van der Waals surface area (Å²) in [6, 6.07) is 3.26. The Hall–Kier alpha value is -2.24. The molecule has 0 aromatic carbocycles. The van der Waals surface area contributed by atoms with Crippen LogP contribution in [0, 0.1) is 0 Å². The van der Waals surface area contributed by atoms with Crippen LogP contribution in [-0.4, -0.2) is 34.3 Å². The van der Waals surface area contributed by atoms with Crippen LogP contribution >= 0.6 is 0 Å². The summed E-state index contributed by atoms with van der Waals surface area (Å²) in [5.74, 6) is -0.480. The first-order valence-electron chi connectivity index (χ1n) is 5.83. The van der Waals surface area contributed by atoms with E-state index in [1.165, 1.54) is 11.7 Å². The van der Waals surface area contributed by atoms with Gasteiger partial charge in [0.1, 0.15) is 11.3 Å². The highest BCUT2D eigenvalue weighted by atomic mass is 16.6. The van der Waals surface area contributed by atoms with Crippen molar-refractivity contribution < 1.29 is 19.1 Å². The van der Waals surface area contributed by atoms with E-state index in [4.69, 9.17) is 4.74 Å². The van der Waals surface area contributed by atoms with Crippen molar-refractivity contribution in [3.63, 3.8) is 0 Å². The first kappa shape index (κ1) is 13.2. The molecule has 0 aliphatic carbocycles. The Bertz CT molecular complexity index is 631. The number of H-pyrrole nitrogens is 1. The van der Waals surface area contributed by atoms with E-state index in [9.17, 15) is 9.59 Å². The van der Waals surface area contributed by atoms with Crippen LogP contribution in [-0.2, 0) is 9.47 Å². The van der Waals surface area contributed by atoms with Gasteiger partial charge in [0.05, 0.1) is 18.1 Å². The summed E-state index contributed by atoms with van der Waals surface area (Å²) in [5, 5.41) is 0. The highest BCUT2D eigenvalue weighted by molar-refractivity contribution is 5.96. The van der Waals surface area contributed by atoms with E-state index in [1.807, 2.05) is 0 Å². The lowest BCUT2D eigenvalue weighted by atomic mass is 10.2. The Morgan fingerprint density at radius 2 is 2.00 bits per heavy atom. The van der Waals surface area contributed by atoms with Crippen molar-refractivity contribution in [3.05, 3.63) is 24.0 Å². The average Bonchev–Trinajstić information content (AvgIpc) is 2.83. The van der Waals surface area contributed by atoms with Crippen molar-refractivity contribution in [2.75, 3.05) is 7.11 Å². The molecule has 0 unspecified atom stereocenters. The number of ether oxygens (including phenoxy) is 2. The molecule has 2 aromatic heterocycles. The van der Waals surface area contributed by atoms with E-state index in [2.05, 4.69) is 9.72 Å². The lowest BCUT2D eigenvalue weighted by molar-refractivity contribution is 0.0541. The largest absolute Gasteiger partial charge is 0.464 e. The zero-order chi connectivity index (χ0) is 14.2. The Balaban J connectivity index is 2.37. The molecule has 0 saturated heterocycles. The molecule has 0 atom stereocenters. The van der Waals surface area contributed by atoms with E-state index >= 15 is 0 Å². The van der Waals surface area contributed by atoms with Gasteiger partial charge in [0.2, 0.25) is 0 Å². The van der Waals surface area contributed by atoms with Crippen LogP contribution < -0.4 is 0 Å². The zero-order valence-electron chi connectivity index (χ0n) is 11.3. The minimum absolute atomic E-state index is 0.297. The van der Waals surface area contributed by atoms with Crippen molar-refractivity contribution in [2.45, 2.75) is 26.4 Å². The second-order valence-corrected chi connectivity index (χ2v) is 5.14. The van der Waals surface area contributed by atoms with Gasteiger partial charge < -0.3 is 14.5 Å². The van der Waals surface area contributed by atoms with Crippen LogP contribution in [0.2, 0.25) is 0 Å². The molecule has 102 valence electrons. The first-order valence-corrected chi connectivity index (χ1v) is 5.83. The molecule has 0 bridgehead atoms. The maximum Gasteiger partial charge on any atom is 0.419 e. The van der Waals surface area contributed by atoms with Gasteiger partial charge in [-0.1, -0.05) is 0 Å². The van der Waals surface area contributed by atoms with Gasteiger partial charge in [0, 0.05) is 6.20 Å². The fraction of sp³-hybridized carbons (Fsp3) is 0.385. The number of rotatable bonds is 1. The number of nitrogens with one attached hydrogen (secondary N) is 1. The molecule has 0 radical (unpaired) electrons. The third-order valence-corrected chi connectivity index (χ3v) is 2.47. The van der Waals surface area contributed by atoms with E-state index in [-0.39, 0.29) is 0 Å². The monoisotopic (exact) mass is 264 g/mol. The number of aromatic nitrogens is 2. The third-order valence-electron chi connectivity index (χ3n) is 2.47. The van der Waals surface area contributed by atoms with Gasteiger partial charge >= 0.3 is 12.1 Å². The van der Waals surface area contributed by atoms with Gasteiger partial charge in [-0.05, 0) is 32.9 Å². The Morgan fingerprint density at radius 1 is 1.32 bits per heavy atom. The second kappa shape index (κ2) is 4.46. The molecule has 1 N–H and O–H groups in total. The SMILES string of the molecule is COC(=O)c1cc2c(ccn2C(=O)OC(C)(C)C)[nH]1. The van der Waals surface area contributed by atoms with Crippen LogP contribution in [0.1, 0.15) is 31.3 Å². The zero-order valence-corrected chi connectivity index (χ0v) is 11.3. The molecule has 0 amide bonds. The summed E-state index contributed by atoms with van der Waals surface area (Å²) < 4.78 is 11.3. The summed E-state index contributed by atoms with van der Waals surface area (Å²) in [6.45, 7) is 5.38. The topological polar surface area (TPSA) is 73.3 Å². The molecule has 2 rings (SSSR count). The van der Waals surface area contributed by atoms with Gasteiger partial charge in [-0.3, -0.25) is 4.57 Å². The maximum atomic E-state index is 12.0. The summed E-state index contributed by atoms with van der Waals surface area (Å²) in [6.07, 6.45) is 1.11. The number of methoxy groups -OCH3 is 1. The second-order valence-electron chi connectivity index (χ2n) is 5.14.